The molecule has 1 aromatic carbocycles. The molecule has 0 radical (unpaired) electrons. The first-order valence-electron chi connectivity index (χ1n) is 7.97. The third kappa shape index (κ3) is 2.38. The third-order valence-corrected chi connectivity index (χ3v) is 5.20. The van der Waals surface area contributed by atoms with Gasteiger partial charge in [0.2, 0.25) is 0 Å². The van der Waals surface area contributed by atoms with Gasteiger partial charge in [-0.3, -0.25) is 0 Å². The Balaban J connectivity index is 2.28. The Hall–Kier alpha value is -3.14. The van der Waals surface area contributed by atoms with Crippen LogP contribution in [0.1, 0.15) is 11.5 Å². The first-order chi connectivity index (χ1) is 12.0. The summed E-state index contributed by atoms with van der Waals surface area (Å²) in [4.78, 5) is 2.06. The van der Waals surface area contributed by atoms with Crippen LogP contribution in [-0.2, 0) is 0 Å². The zero-order valence-corrected chi connectivity index (χ0v) is 13.8. The third-order valence-electron chi connectivity index (χ3n) is 5.20. The van der Waals surface area contributed by atoms with Crippen molar-refractivity contribution in [2.45, 2.75) is 5.92 Å². The molecule has 1 unspecified atom stereocenters. The van der Waals surface area contributed by atoms with Crippen LogP contribution in [0.3, 0.4) is 0 Å². The largest absolute Gasteiger partial charge is 0.508 e. The fraction of sp³-hybridized carbons (Fsp3) is 0.368. The molecule has 0 amide bonds. The fourth-order valence-electron chi connectivity index (χ4n) is 4.05. The molecule has 1 aromatic rings. The second kappa shape index (κ2) is 6.06. The lowest BCUT2D eigenvalue weighted by Crippen LogP contribution is -2.52. The number of nitrogens with zero attached hydrogens (tertiary/aromatic N) is 4. The van der Waals surface area contributed by atoms with Crippen molar-refractivity contribution in [3.8, 4) is 24.0 Å². The number of rotatable bonds is 1. The molecule has 3 rings (SSSR count). The van der Waals surface area contributed by atoms with Gasteiger partial charge in [-0.25, -0.2) is 0 Å². The highest BCUT2D eigenvalue weighted by Crippen LogP contribution is 2.53. The number of aromatic hydroxyl groups is 1. The Kier molecular flexibility index (Phi) is 4.05. The van der Waals surface area contributed by atoms with Crippen molar-refractivity contribution >= 4 is 5.71 Å². The van der Waals surface area contributed by atoms with Gasteiger partial charge in [-0.05, 0) is 30.3 Å². The van der Waals surface area contributed by atoms with Crippen molar-refractivity contribution in [3.63, 3.8) is 0 Å². The summed E-state index contributed by atoms with van der Waals surface area (Å²) in [6.45, 7) is 1.25. The Morgan fingerprint density at radius 1 is 1.28 bits per heavy atom. The van der Waals surface area contributed by atoms with Gasteiger partial charge >= 0.3 is 0 Å². The average molecular weight is 331 g/mol. The van der Waals surface area contributed by atoms with E-state index in [2.05, 4.69) is 11.0 Å². The van der Waals surface area contributed by atoms with Gasteiger partial charge in [-0.1, -0.05) is 18.2 Å². The van der Waals surface area contributed by atoms with Gasteiger partial charge in [0.05, 0.1) is 23.9 Å². The zero-order chi connectivity index (χ0) is 18.2. The Labute approximate surface area is 146 Å². The number of phenols is 1. The topological polar surface area (TPSA) is 119 Å². The van der Waals surface area contributed by atoms with Gasteiger partial charge in [0, 0.05) is 24.9 Å². The van der Waals surface area contributed by atoms with Gasteiger partial charge in [0.25, 0.3) is 0 Å². The molecule has 2 N–H and O–H groups in total. The molecule has 6 nitrogen and oxygen atoms in total. The normalized spacial score (nSPS) is 28.0. The summed E-state index contributed by atoms with van der Waals surface area (Å²) in [6.07, 6.45) is 1.94. The van der Waals surface area contributed by atoms with Gasteiger partial charge < -0.3 is 15.4 Å². The van der Waals surface area contributed by atoms with E-state index >= 15 is 0 Å². The Bertz CT molecular complexity index is 868. The summed E-state index contributed by atoms with van der Waals surface area (Å²) in [5.74, 6) is -1.66. The summed E-state index contributed by atoms with van der Waals surface area (Å²) in [6, 6.07) is 12.7. The van der Waals surface area contributed by atoms with Crippen LogP contribution in [0.2, 0.25) is 0 Å². The maximum absolute atomic E-state index is 9.87. The van der Waals surface area contributed by atoms with Crippen LogP contribution in [0.25, 0.3) is 0 Å². The van der Waals surface area contributed by atoms with Crippen LogP contribution >= 0.6 is 0 Å². The Morgan fingerprint density at radius 2 is 2.00 bits per heavy atom. The van der Waals surface area contributed by atoms with E-state index in [9.17, 15) is 20.9 Å². The number of nitriles is 3. The van der Waals surface area contributed by atoms with Crippen molar-refractivity contribution in [2.75, 3.05) is 20.1 Å². The molecule has 0 saturated heterocycles. The Morgan fingerprint density at radius 3 is 2.60 bits per heavy atom. The predicted molar refractivity (Wildman–Crippen MR) is 90.4 cm³/mol. The molecule has 0 aromatic heterocycles. The van der Waals surface area contributed by atoms with Gasteiger partial charge in [-0.2, -0.15) is 15.8 Å². The smallest absolute Gasteiger partial charge is 0.189 e. The molecule has 0 bridgehead atoms. The molecule has 25 heavy (non-hydrogen) atoms. The number of benzene rings is 1. The van der Waals surface area contributed by atoms with E-state index in [1.807, 2.05) is 25.3 Å². The standard InChI is InChI=1S/C19H17N5O/c1-24-6-5-14-15(8-20)18(23)19(10-21,11-22)17(16(14)9-24)12-3-2-4-13(25)7-12/h2-5,7,15-17,23,25H,6,9H2,1H3/t15?,16-,17-/m0/s1. The number of fused-ring (bicyclic) bond motifs is 1. The molecule has 1 fully saturated rings. The first kappa shape index (κ1) is 16.7. The predicted octanol–water partition coefficient (Wildman–Crippen LogP) is 2.17. The molecule has 0 spiro atoms. The summed E-state index contributed by atoms with van der Waals surface area (Å²) in [5.41, 5.74) is -0.454. The lowest BCUT2D eigenvalue weighted by Gasteiger charge is -2.47. The SMILES string of the molecule is CN1CC=C2C(C#N)C(=N)C(C#N)(C#N)[C@@H](c3cccc(O)c3)[C@H]2C1. The van der Waals surface area contributed by atoms with Gasteiger partial charge in [0.1, 0.15) is 11.7 Å². The van der Waals surface area contributed by atoms with Gasteiger partial charge in [-0.15, -0.1) is 0 Å². The van der Waals surface area contributed by atoms with Crippen LogP contribution in [0.4, 0.5) is 0 Å². The molecule has 124 valence electrons. The summed E-state index contributed by atoms with van der Waals surface area (Å²) in [7, 11) is 1.94. The number of likely N-dealkylation sites (N-methyl/N-ethyl adjacent to an activating group) is 1. The van der Waals surface area contributed by atoms with Crippen LogP contribution in [0.15, 0.2) is 35.9 Å². The minimum absolute atomic E-state index is 0.0471. The lowest BCUT2D eigenvalue weighted by atomic mass is 9.54. The van der Waals surface area contributed by atoms with E-state index in [-0.39, 0.29) is 17.4 Å². The number of hydrogen-bond acceptors (Lipinski definition) is 6. The van der Waals surface area contributed by atoms with E-state index in [1.54, 1.807) is 18.2 Å². The van der Waals surface area contributed by atoms with Crippen LogP contribution < -0.4 is 0 Å². The molecule has 1 saturated carbocycles. The van der Waals surface area contributed by atoms with E-state index in [0.29, 0.717) is 18.7 Å². The fourth-order valence-corrected chi connectivity index (χ4v) is 4.05. The van der Waals surface area contributed by atoms with Crippen molar-refractivity contribution in [2.24, 2.45) is 17.3 Å². The van der Waals surface area contributed by atoms with E-state index in [0.717, 1.165) is 5.57 Å². The summed E-state index contributed by atoms with van der Waals surface area (Å²) >= 11 is 0. The number of phenolic OH excluding ortho intramolecular Hbond substituents is 1. The van der Waals surface area contributed by atoms with E-state index < -0.39 is 17.3 Å². The number of hydrogen-bond donors (Lipinski definition) is 2. The molecule has 1 aliphatic carbocycles. The minimum Gasteiger partial charge on any atom is -0.508 e. The second-order valence-corrected chi connectivity index (χ2v) is 6.61. The van der Waals surface area contributed by atoms with Crippen molar-refractivity contribution in [1.82, 2.24) is 4.90 Å². The molecular formula is C19H17N5O. The highest BCUT2D eigenvalue weighted by atomic mass is 16.3. The number of nitrogens with one attached hydrogen (secondary N) is 1. The lowest BCUT2D eigenvalue weighted by molar-refractivity contribution is 0.235. The average Bonchev–Trinajstić information content (AvgIpc) is 2.61. The molecule has 6 heteroatoms. The maximum atomic E-state index is 9.87. The minimum atomic E-state index is -1.73. The highest BCUT2D eigenvalue weighted by molar-refractivity contribution is 6.00. The van der Waals surface area contributed by atoms with Crippen LogP contribution in [0.5, 0.6) is 5.75 Å². The zero-order valence-electron chi connectivity index (χ0n) is 13.8. The quantitative estimate of drug-likeness (QED) is 0.764. The molecule has 1 aliphatic heterocycles. The molecular weight excluding hydrogens is 314 g/mol. The molecule has 1 heterocycles. The molecule has 3 atom stereocenters. The van der Waals surface area contributed by atoms with E-state index in [1.165, 1.54) is 6.07 Å². The maximum Gasteiger partial charge on any atom is 0.189 e. The van der Waals surface area contributed by atoms with Gasteiger partial charge in [0.15, 0.2) is 5.41 Å². The van der Waals surface area contributed by atoms with E-state index in [4.69, 9.17) is 5.41 Å². The van der Waals surface area contributed by atoms with Crippen molar-refractivity contribution < 1.29 is 5.11 Å². The van der Waals surface area contributed by atoms with Crippen LogP contribution in [-0.4, -0.2) is 35.9 Å². The van der Waals surface area contributed by atoms with Crippen LogP contribution in [0, 0.1) is 56.7 Å². The molecule has 2 aliphatic rings. The summed E-state index contributed by atoms with van der Waals surface area (Å²) < 4.78 is 0. The monoisotopic (exact) mass is 331 g/mol. The first-order valence-corrected chi connectivity index (χ1v) is 7.97. The second-order valence-electron chi connectivity index (χ2n) is 6.61. The van der Waals surface area contributed by atoms with Crippen molar-refractivity contribution in [3.05, 3.63) is 41.5 Å². The summed E-state index contributed by atoms with van der Waals surface area (Å²) in [5, 5.41) is 47.7. The van der Waals surface area contributed by atoms with Crippen molar-refractivity contribution in [1.29, 1.82) is 21.2 Å². The highest BCUT2D eigenvalue weighted by Gasteiger charge is 2.57.